The molecule has 4 N–H and O–H groups in total. The molecule has 0 aliphatic carbocycles. The highest BCUT2D eigenvalue weighted by Crippen LogP contribution is 2.01. The lowest BCUT2D eigenvalue weighted by Crippen LogP contribution is -2.03. The number of halogens is 2. The largest absolute Gasteiger partial charge is 0.397 e. The number of hydrogen-bond donors (Lipinski definition) is 2. The maximum atomic E-state index is 10.1. The summed E-state index contributed by atoms with van der Waals surface area (Å²) in [5, 5.41) is 0. The normalized spacial score (nSPS) is 9.13. The molecule has 0 aliphatic heterocycles. The average molecular weight is 367 g/mol. The fraction of sp³-hybridized carbons (Fsp3) is 0.143. The van der Waals surface area contributed by atoms with Crippen molar-refractivity contribution in [2.45, 2.75) is 6.61 Å². The van der Waals surface area contributed by atoms with E-state index in [0.29, 0.717) is 5.56 Å². The predicted molar refractivity (Wildman–Crippen MR) is 68.4 cm³/mol. The van der Waals surface area contributed by atoms with E-state index in [0.717, 1.165) is 0 Å². The Bertz CT molecular complexity index is 343. The molecule has 0 saturated heterocycles. The zero-order valence-corrected chi connectivity index (χ0v) is 11.9. The first-order valence-electron chi connectivity index (χ1n) is 3.24. The quantitative estimate of drug-likeness (QED) is 0.799. The minimum Gasteiger partial charge on any atom is -0.344 e. The molecule has 0 aromatic heterocycles. The molecule has 0 aliphatic rings. The standard InChI is InChI=1S/C7H8O4S.2BrH.H3N/c8-12(9,10)11-6-7-4-2-1-3-5-7;;;/h1-5H,6H2,(H,8,9,10);2*1H;1H3. The van der Waals surface area contributed by atoms with E-state index in [9.17, 15) is 8.42 Å². The van der Waals surface area contributed by atoms with E-state index in [1.54, 1.807) is 30.3 Å². The van der Waals surface area contributed by atoms with Crippen LogP contribution in [0, 0.1) is 0 Å². The lowest BCUT2D eigenvalue weighted by molar-refractivity contribution is 0.259. The van der Waals surface area contributed by atoms with Crippen molar-refractivity contribution in [3.05, 3.63) is 35.9 Å². The molecule has 0 fully saturated rings. The Morgan fingerprint density at radius 3 is 2.00 bits per heavy atom. The smallest absolute Gasteiger partial charge is 0.344 e. The summed E-state index contributed by atoms with van der Waals surface area (Å²) in [5.41, 5.74) is 0.690. The van der Waals surface area contributed by atoms with Gasteiger partial charge in [-0.15, -0.1) is 34.0 Å². The van der Waals surface area contributed by atoms with Crippen molar-refractivity contribution >= 4 is 44.4 Å². The summed E-state index contributed by atoms with van der Waals surface area (Å²) >= 11 is 0. The summed E-state index contributed by atoms with van der Waals surface area (Å²) in [5.74, 6) is 0. The van der Waals surface area contributed by atoms with Gasteiger partial charge in [-0.25, -0.2) is 4.18 Å². The summed E-state index contributed by atoms with van der Waals surface area (Å²) in [6, 6.07) is 8.71. The van der Waals surface area contributed by atoms with Crippen LogP contribution in [-0.2, 0) is 21.2 Å². The van der Waals surface area contributed by atoms with E-state index >= 15 is 0 Å². The first-order valence-corrected chi connectivity index (χ1v) is 4.60. The third-order valence-electron chi connectivity index (χ3n) is 1.22. The van der Waals surface area contributed by atoms with Gasteiger partial charge in [-0.1, -0.05) is 30.3 Å². The Hall–Kier alpha value is 0.01000. The average Bonchev–Trinajstić information content (AvgIpc) is 2.02. The molecule has 0 atom stereocenters. The monoisotopic (exact) mass is 365 g/mol. The summed E-state index contributed by atoms with van der Waals surface area (Å²) in [6.45, 7) is -0.139. The summed E-state index contributed by atoms with van der Waals surface area (Å²) in [7, 11) is -4.32. The van der Waals surface area contributed by atoms with Gasteiger partial charge in [0.05, 0.1) is 6.61 Å². The first kappa shape index (κ1) is 20.4. The Labute approximate surface area is 110 Å². The van der Waals surface area contributed by atoms with Crippen LogP contribution >= 0.6 is 34.0 Å². The second-order valence-corrected chi connectivity index (χ2v) is 3.27. The molecule has 1 aromatic carbocycles. The van der Waals surface area contributed by atoms with E-state index < -0.39 is 10.4 Å². The van der Waals surface area contributed by atoms with Crippen LogP contribution in [-0.4, -0.2) is 13.0 Å². The van der Waals surface area contributed by atoms with Crippen molar-refractivity contribution in [1.82, 2.24) is 6.15 Å². The van der Waals surface area contributed by atoms with Gasteiger partial charge >= 0.3 is 10.4 Å². The summed E-state index contributed by atoms with van der Waals surface area (Å²) in [4.78, 5) is 0. The lowest BCUT2D eigenvalue weighted by atomic mass is 10.2. The molecule has 0 heterocycles. The molecule has 0 saturated carbocycles. The number of benzene rings is 1. The summed E-state index contributed by atoms with van der Waals surface area (Å²) < 4.78 is 32.6. The molecule has 15 heavy (non-hydrogen) atoms. The highest BCUT2D eigenvalue weighted by molar-refractivity contribution is 8.93. The van der Waals surface area contributed by atoms with Gasteiger partial charge in [0.15, 0.2) is 0 Å². The van der Waals surface area contributed by atoms with Crippen LogP contribution < -0.4 is 6.15 Å². The lowest BCUT2D eigenvalue weighted by Gasteiger charge is -1.98. The Balaban J connectivity index is -0.000000480. The van der Waals surface area contributed by atoms with Crippen LogP contribution in [0.25, 0.3) is 0 Å². The molecule has 90 valence electrons. The van der Waals surface area contributed by atoms with Crippen LogP contribution in [0.5, 0.6) is 0 Å². The second-order valence-electron chi connectivity index (χ2n) is 2.18. The Morgan fingerprint density at radius 1 is 1.13 bits per heavy atom. The third kappa shape index (κ3) is 10.3. The molecule has 1 rings (SSSR count). The Kier molecular flexibility index (Phi) is 12.6. The number of rotatable bonds is 3. The van der Waals surface area contributed by atoms with Crippen LogP contribution in [0.1, 0.15) is 5.56 Å². The van der Waals surface area contributed by atoms with Crippen LogP contribution in [0.4, 0.5) is 0 Å². The van der Waals surface area contributed by atoms with Crippen molar-refractivity contribution in [3.63, 3.8) is 0 Å². The van der Waals surface area contributed by atoms with Crippen molar-refractivity contribution in [2.75, 3.05) is 0 Å². The first-order chi connectivity index (χ1) is 5.58. The van der Waals surface area contributed by atoms with Crippen LogP contribution in [0.3, 0.4) is 0 Å². The maximum Gasteiger partial charge on any atom is 0.397 e. The van der Waals surface area contributed by atoms with E-state index in [1.165, 1.54) is 0 Å². The topological polar surface area (TPSA) is 98.6 Å². The van der Waals surface area contributed by atoms with Crippen LogP contribution in [0.2, 0.25) is 0 Å². The van der Waals surface area contributed by atoms with Crippen LogP contribution in [0.15, 0.2) is 30.3 Å². The van der Waals surface area contributed by atoms with E-state index in [4.69, 9.17) is 4.55 Å². The van der Waals surface area contributed by atoms with Gasteiger partial charge in [-0.3, -0.25) is 4.55 Å². The molecule has 8 heteroatoms. The van der Waals surface area contributed by atoms with Gasteiger partial charge in [0.2, 0.25) is 0 Å². The van der Waals surface area contributed by atoms with Gasteiger partial charge < -0.3 is 6.15 Å². The molecule has 0 unspecified atom stereocenters. The van der Waals surface area contributed by atoms with E-state index in [2.05, 4.69) is 4.18 Å². The van der Waals surface area contributed by atoms with Gasteiger partial charge in [-0.05, 0) is 5.56 Å². The molecule has 0 spiro atoms. The van der Waals surface area contributed by atoms with Crippen molar-refractivity contribution in [3.8, 4) is 0 Å². The minimum atomic E-state index is -4.32. The van der Waals surface area contributed by atoms with E-state index in [-0.39, 0.29) is 46.7 Å². The predicted octanol–water partition coefficient (Wildman–Crippen LogP) is 2.32. The van der Waals surface area contributed by atoms with Crippen molar-refractivity contribution in [1.29, 1.82) is 0 Å². The summed E-state index contributed by atoms with van der Waals surface area (Å²) in [6.07, 6.45) is 0. The Morgan fingerprint density at radius 2 is 1.60 bits per heavy atom. The molecule has 5 nitrogen and oxygen atoms in total. The van der Waals surface area contributed by atoms with Crippen molar-refractivity contribution in [2.24, 2.45) is 0 Å². The molecule has 0 amide bonds. The maximum absolute atomic E-state index is 10.1. The second kappa shape index (κ2) is 9.25. The minimum absolute atomic E-state index is 0. The fourth-order valence-corrected chi connectivity index (χ4v) is 1.00. The highest BCUT2D eigenvalue weighted by Gasteiger charge is 2.03. The van der Waals surface area contributed by atoms with Gasteiger partial charge in [-0.2, -0.15) is 8.42 Å². The molecular weight excluding hydrogens is 354 g/mol. The highest BCUT2D eigenvalue weighted by atomic mass is 79.9. The molecule has 0 bridgehead atoms. The van der Waals surface area contributed by atoms with Gasteiger partial charge in [0.25, 0.3) is 0 Å². The number of hydrogen-bond acceptors (Lipinski definition) is 4. The fourth-order valence-electron chi connectivity index (χ4n) is 0.717. The zero-order chi connectivity index (χ0) is 9.03. The van der Waals surface area contributed by atoms with Crippen molar-refractivity contribution < 1.29 is 17.2 Å². The molecular formula is C7H13Br2NO4S. The molecule has 0 radical (unpaired) electrons. The third-order valence-corrected chi connectivity index (χ3v) is 1.63. The molecule has 1 aromatic rings. The van der Waals surface area contributed by atoms with E-state index in [1.807, 2.05) is 0 Å². The zero-order valence-electron chi connectivity index (χ0n) is 7.70. The SMILES string of the molecule is Br.Br.N.O=S(=O)(O)OCc1ccccc1. The van der Waals surface area contributed by atoms with Gasteiger partial charge in [0.1, 0.15) is 0 Å². The van der Waals surface area contributed by atoms with Gasteiger partial charge in [0, 0.05) is 0 Å².